The van der Waals surface area contributed by atoms with Gasteiger partial charge in [0.25, 0.3) is 0 Å². The molecule has 0 aliphatic heterocycles. The van der Waals surface area contributed by atoms with Crippen LogP contribution in [0.4, 0.5) is 0 Å². The van der Waals surface area contributed by atoms with Crippen LogP contribution in [0.5, 0.6) is 0 Å². The van der Waals surface area contributed by atoms with E-state index in [0.717, 1.165) is 25.7 Å². The summed E-state index contributed by atoms with van der Waals surface area (Å²) in [5, 5.41) is 0.193. The van der Waals surface area contributed by atoms with Crippen LogP contribution in [0, 0.1) is 22.7 Å². The second-order valence-corrected chi connectivity index (χ2v) is 19.8. The molecule has 2 aliphatic carbocycles. The van der Waals surface area contributed by atoms with E-state index in [1.54, 1.807) is 24.3 Å². The molecule has 5 heteroatoms. The van der Waals surface area contributed by atoms with Gasteiger partial charge in [-0.25, -0.2) is 8.42 Å². The monoisotopic (exact) mass is 490 g/mol. The van der Waals surface area contributed by atoms with Crippen molar-refractivity contribution in [3.63, 3.8) is 0 Å². The van der Waals surface area contributed by atoms with Gasteiger partial charge in [0.2, 0.25) is 0 Å². The maximum atomic E-state index is 13.0. The smallest absolute Gasteiger partial charge is 0.192 e. The second kappa shape index (κ2) is 8.95. The number of benzene rings is 1. The lowest BCUT2D eigenvalue weighted by Gasteiger charge is -2.61. The first-order valence-electron chi connectivity index (χ1n) is 12.7. The molecule has 0 bridgehead atoms. The molecule has 0 heterocycles. The van der Waals surface area contributed by atoms with Crippen LogP contribution in [0.15, 0.2) is 47.4 Å². The van der Waals surface area contributed by atoms with E-state index in [2.05, 4.69) is 61.2 Å². The van der Waals surface area contributed by atoms with E-state index in [1.165, 1.54) is 5.57 Å². The van der Waals surface area contributed by atoms with Crippen LogP contribution in [0.25, 0.3) is 0 Å². The second-order valence-electron chi connectivity index (χ2n) is 13.0. The lowest BCUT2D eigenvalue weighted by atomic mass is 9.46. The Morgan fingerprint density at radius 1 is 1.09 bits per heavy atom. The van der Waals surface area contributed by atoms with Gasteiger partial charge < -0.3 is 4.43 Å². The van der Waals surface area contributed by atoms with Gasteiger partial charge in [-0.2, -0.15) is 0 Å². The summed E-state index contributed by atoms with van der Waals surface area (Å²) in [6, 6.07) is 8.88. The fourth-order valence-electron chi connectivity index (χ4n) is 6.45. The Morgan fingerprint density at radius 2 is 1.70 bits per heavy atom. The Kier molecular flexibility index (Phi) is 7.23. The molecule has 0 amide bonds. The Labute approximate surface area is 204 Å². The maximum absolute atomic E-state index is 13.0. The average molecular weight is 491 g/mol. The van der Waals surface area contributed by atoms with E-state index < -0.39 is 18.2 Å². The molecule has 1 aromatic rings. The van der Waals surface area contributed by atoms with Crippen LogP contribution in [0.1, 0.15) is 73.6 Å². The first-order valence-corrected chi connectivity index (χ1v) is 17.2. The molecule has 1 aromatic carbocycles. The molecule has 2 fully saturated rings. The molecular weight excluding hydrogens is 444 g/mol. The predicted octanol–water partition coefficient (Wildman–Crippen LogP) is 7.65. The van der Waals surface area contributed by atoms with E-state index >= 15 is 0 Å². The van der Waals surface area contributed by atoms with Gasteiger partial charge in [0.05, 0.1) is 16.8 Å². The molecule has 3 nitrogen and oxygen atoms in total. The maximum Gasteiger partial charge on any atom is 0.192 e. The summed E-state index contributed by atoms with van der Waals surface area (Å²) < 4.78 is 33.1. The molecule has 2 saturated carbocycles. The van der Waals surface area contributed by atoms with Crippen LogP contribution < -0.4 is 0 Å². The third kappa shape index (κ3) is 5.06. The third-order valence-electron chi connectivity index (χ3n) is 9.53. The lowest BCUT2D eigenvalue weighted by Crippen LogP contribution is -2.58. The molecule has 0 aromatic heterocycles. The van der Waals surface area contributed by atoms with Crippen molar-refractivity contribution < 1.29 is 12.8 Å². The van der Waals surface area contributed by atoms with E-state index in [4.69, 9.17) is 4.43 Å². The van der Waals surface area contributed by atoms with Crippen molar-refractivity contribution in [1.82, 2.24) is 0 Å². The van der Waals surface area contributed by atoms with E-state index in [1.807, 2.05) is 6.07 Å². The molecule has 4 atom stereocenters. The highest BCUT2D eigenvalue weighted by Crippen LogP contribution is 2.62. The van der Waals surface area contributed by atoms with Gasteiger partial charge in [-0.3, -0.25) is 0 Å². The van der Waals surface area contributed by atoms with Crippen LogP contribution in [0.3, 0.4) is 0 Å². The number of sulfone groups is 1. The van der Waals surface area contributed by atoms with Gasteiger partial charge in [0.1, 0.15) is 0 Å². The SMILES string of the molecule is C=C1CCC2C(C)(C)[C@@H](O[Si](C)(C)C(C)(C)C)CC[C@]2(C)[C@H]1CCS(=O)(=O)c1ccccc1. The normalized spacial score (nSPS) is 30.7. The molecule has 3 rings (SSSR count). The standard InChI is InChI=1S/C28H46O3SSi/c1-21-15-16-24-27(5,6)25(31-33(8,9)26(2,3)4)17-19-28(24,7)23(21)18-20-32(29,30)22-13-11-10-12-14-22/h10-14,23-25H,1,15-20H2,2-9H3/t23-,24?,25-,28+/m0/s1. The summed E-state index contributed by atoms with van der Waals surface area (Å²) >= 11 is 0. The molecule has 0 saturated heterocycles. The molecule has 1 unspecified atom stereocenters. The molecular formula is C28H46O3SSi. The summed E-state index contributed by atoms with van der Waals surface area (Å²) in [6.07, 6.45) is 5.16. The first kappa shape index (κ1) is 26.7. The van der Waals surface area contributed by atoms with Crippen molar-refractivity contribution in [2.24, 2.45) is 22.7 Å². The van der Waals surface area contributed by atoms with Gasteiger partial charge in [0, 0.05) is 0 Å². The summed E-state index contributed by atoms with van der Waals surface area (Å²) in [5.41, 5.74) is 1.37. The Morgan fingerprint density at radius 3 is 2.27 bits per heavy atom. The van der Waals surface area contributed by atoms with Crippen molar-refractivity contribution in [2.75, 3.05) is 5.75 Å². The number of fused-ring (bicyclic) bond motifs is 1. The molecule has 0 N–H and O–H groups in total. The largest absolute Gasteiger partial charge is 0.413 e. The summed E-state index contributed by atoms with van der Waals surface area (Å²) in [6.45, 7) is 23.3. The Hall–Kier alpha value is -0.913. The quantitative estimate of drug-likeness (QED) is 0.304. The van der Waals surface area contributed by atoms with Gasteiger partial charge in [-0.15, -0.1) is 0 Å². The minimum absolute atomic E-state index is 0.0553. The van der Waals surface area contributed by atoms with Gasteiger partial charge >= 0.3 is 0 Å². The van der Waals surface area contributed by atoms with Gasteiger partial charge in [-0.1, -0.05) is 71.9 Å². The van der Waals surface area contributed by atoms with Crippen molar-refractivity contribution in [2.45, 2.75) is 103 Å². The van der Waals surface area contributed by atoms with Gasteiger partial charge in [-0.05, 0) is 85.0 Å². The van der Waals surface area contributed by atoms with Crippen molar-refractivity contribution in [3.8, 4) is 0 Å². The van der Waals surface area contributed by atoms with Crippen LogP contribution >= 0.6 is 0 Å². The fraction of sp³-hybridized carbons (Fsp3) is 0.714. The number of allylic oxidation sites excluding steroid dienone is 1. The summed E-state index contributed by atoms with van der Waals surface area (Å²) in [7, 11) is -5.15. The Balaban J connectivity index is 1.83. The fourth-order valence-corrected chi connectivity index (χ4v) is 9.29. The average Bonchev–Trinajstić information content (AvgIpc) is 2.69. The van der Waals surface area contributed by atoms with Crippen LogP contribution in [0.2, 0.25) is 18.1 Å². The van der Waals surface area contributed by atoms with Gasteiger partial charge in [0.15, 0.2) is 18.2 Å². The molecule has 0 spiro atoms. The number of rotatable bonds is 6. The van der Waals surface area contributed by atoms with Crippen LogP contribution in [-0.2, 0) is 14.3 Å². The molecule has 0 radical (unpaired) electrons. The number of hydrogen-bond donors (Lipinski definition) is 0. The molecule has 186 valence electrons. The van der Waals surface area contributed by atoms with E-state index in [9.17, 15) is 8.42 Å². The Bertz CT molecular complexity index is 959. The summed E-state index contributed by atoms with van der Waals surface area (Å²) in [4.78, 5) is 0.430. The minimum atomic E-state index is -3.29. The molecule has 2 aliphatic rings. The third-order valence-corrected chi connectivity index (χ3v) is 15.8. The first-order chi connectivity index (χ1) is 15.0. The highest BCUT2D eigenvalue weighted by Gasteiger charge is 2.57. The number of hydrogen-bond acceptors (Lipinski definition) is 3. The predicted molar refractivity (Wildman–Crippen MR) is 142 cm³/mol. The van der Waals surface area contributed by atoms with Crippen molar-refractivity contribution in [1.29, 1.82) is 0 Å². The van der Waals surface area contributed by atoms with E-state index in [0.29, 0.717) is 17.2 Å². The topological polar surface area (TPSA) is 43.4 Å². The highest BCUT2D eigenvalue weighted by atomic mass is 32.2. The van der Waals surface area contributed by atoms with Crippen LogP contribution in [-0.4, -0.2) is 28.6 Å². The lowest BCUT2D eigenvalue weighted by molar-refractivity contribution is -0.118. The summed E-state index contributed by atoms with van der Waals surface area (Å²) in [5.74, 6) is 0.930. The van der Waals surface area contributed by atoms with E-state index in [-0.39, 0.29) is 33.6 Å². The zero-order valence-electron chi connectivity index (χ0n) is 22.2. The van der Waals surface area contributed by atoms with Crippen molar-refractivity contribution in [3.05, 3.63) is 42.5 Å². The molecule has 33 heavy (non-hydrogen) atoms. The minimum Gasteiger partial charge on any atom is -0.413 e. The zero-order valence-corrected chi connectivity index (χ0v) is 24.0. The highest BCUT2D eigenvalue weighted by molar-refractivity contribution is 7.91. The zero-order chi connectivity index (χ0) is 24.9. The van der Waals surface area contributed by atoms with Crippen molar-refractivity contribution >= 4 is 18.2 Å².